The second kappa shape index (κ2) is 37.1. The van der Waals surface area contributed by atoms with Crippen molar-refractivity contribution in [2.45, 2.75) is 212 Å². The van der Waals surface area contributed by atoms with E-state index < -0.39 is 12.1 Å². The minimum atomic E-state index is -0.860. The predicted molar refractivity (Wildman–Crippen MR) is 198 cm³/mol. The third kappa shape index (κ3) is 33.8. The van der Waals surface area contributed by atoms with Crippen molar-refractivity contribution in [2.75, 3.05) is 6.61 Å². The number of carbonyl (C=O) groups excluding carboxylic acids is 1. The first-order valence-corrected chi connectivity index (χ1v) is 19.7. The third-order valence-corrected chi connectivity index (χ3v) is 8.85. The Kier molecular flexibility index (Phi) is 35.9. The van der Waals surface area contributed by atoms with Gasteiger partial charge in [0.2, 0.25) is 5.91 Å². The van der Waals surface area contributed by atoms with Crippen LogP contribution >= 0.6 is 0 Å². The zero-order valence-corrected chi connectivity index (χ0v) is 30.1. The van der Waals surface area contributed by atoms with Crippen molar-refractivity contribution in [3.63, 3.8) is 0 Å². The summed E-state index contributed by atoms with van der Waals surface area (Å²) in [5, 5.41) is 22.9. The van der Waals surface area contributed by atoms with Gasteiger partial charge in [-0.2, -0.15) is 0 Å². The van der Waals surface area contributed by atoms with E-state index in [1.165, 1.54) is 148 Å². The number of hydrogen-bond acceptors (Lipinski definition) is 3. The lowest BCUT2D eigenvalue weighted by Gasteiger charge is -2.19. The fourth-order valence-corrected chi connectivity index (χ4v) is 5.78. The molecule has 0 saturated carbocycles. The van der Waals surface area contributed by atoms with Gasteiger partial charge in [-0.15, -0.1) is 0 Å². The van der Waals surface area contributed by atoms with Crippen molar-refractivity contribution >= 4 is 5.91 Å². The average Bonchev–Trinajstić information content (AvgIpc) is 3.04. The van der Waals surface area contributed by atoms with Crippen LogP contribution in [0, 0.1) is 0 Å². The van der Waals surface area contributed by atoms with E-state index in [0.717, 1.165) is 32.1 Å². The summed E-state index contributed by atoms with van der Waals surface area (Å²) in [7, 11) is 0. The van der Waals surface area contributed by atoms with Gasteiger partial charge in [0, 0.05) is 6.42 Å². The lowest BCUT2D eigenvalue weighted by Crippen LogP contribution is -2.45. The molecule has 45 heavy (non-hydrogen) atoms. The van der Waals surface area contributed by atoms with Crippen LogP contribution in [-0.2, 0) is 4.79 Å². The quantitative estimate of drug-likeness (QED) is 0.0481. The summed E-state index contributed by atoms with van der Waals surface area (Å²) in [6.07, 6.45) is 48.1. The van der Waals surface area contributed by atoms with Crippen LogP contribution in [0.25, 0.3) is 0 Å². The van der Waals surface area contributed by atoms with Crippen LogP contribution in [0.1, 0.15) is 200 Å². The van der Waals surface area contributed by atoms with Crippen molar-refractivity contribution in [3.05, 3.63) is 36.5 Å². The molecule has 0 aliphatic heterocycles. The smallest absolute Gasteiger partial charge is 0.220 e. The van der Waals surface area contributed by atoms with E-state index in [-0.39, 0.29) is 12.5 Å². The van der Waals surface area contributed by atoms with Gasteiger partial charge in [0.25, 0.3) is 0 Å². The molecule has 0 radical (unpaired) electrons. The van der Waals surface area contributed by atoms with E-state index >= 15 is 0 Å². The third-order valence-electron chi connectivity index (χ3n) is 8.85. The molecule has 0 bridgehead atoms. The second-order valence-corrected chi connectivity index (χ2v) is 13.3. The van der Waals surface area contributed by atoms with E-state index in [2.05, 4.69) is 43.5 Å². The first-order valence-electron chi connectivity index (χ1n) is 19.7. The highest BCUT2D eigenvalue weighted by Gasteiger charge is 2.17. The molecular weight excluding hydrogens is 554 g/mol. The first kappa shape index (κ1) is 43.6. The normalized spacial score (nSPS) is 13.4. The number of carbonyl (C=O) groups is 1. The zero-order chi connectivity index (χ0) is 32.9. The fourth-order valence-electron chi connectivity index (χ4n) is 5.78. The molecule has 264 valence electrons. The SMILES string of the molecule is CCCCCCCC/C=C/CCCCCCCCCCCC(=O)N[C@@H](CO)[C@H](O)/C=C/CC/C=C/CCCCCCCCCC. The molecule has 0 rings (SSSR count). The van der Waals surface area contributed by atoms with Gasteiger partial charge < -0.3 is 15.5 Å². The maximum Gasteiger partial charge on any atom is 0.220 e. The minimum Gasteiger partial charge on any atom is -0.394 e. The lowest BCUT2D eigenvalue weighted by molar-refractivity contribution is -0.123. The molecule has 0 fully saturated rings. The number of hydrogen-bond donors (Lipinski definition) is 3. The molecule has 0 aliphatic carbocycles. The molecule has 0 spiro atoms. The molecule has 3 N–H and O–H groups in total. The van der Waals surface area contributed by atoms with Gasteiger partial charge in [-0.1, -0.05) is 172 Å². The summed E-state index contributed by atoms with van der Waals surface area (Å²) in [6, 6.07) is -0.637. The second-order valence-electron chi connectivity index (χ2n) is 13.3. The molecule has 4 nitrogen and oxygen atoms in total. The summed E-state index contributed by atoms with van der Waals surface area (Å²) >= 11 is 0. The molecular formula is C41H77NO3. The Labute approximate surface area is 281 Å². The maximum absolute atomic E-state index is 12.3. The van der Waals surface area contributed by atoms with Crippen molar-refractivity contribution in [1.29, 1.82) is 0 Å². The van der Waals surface area contributed by atoms with E-state index in [1.54, 1.807) is 6.08 Å². The van der Waals surface area contributed by atoms with Crippen molar-refractivity contribution in [3.8, 4) is 0 Å². The molecule has 2 atom stereocenters. The molecule has 0 aromatic carbocycles. The van der Waals surface area contributed by atoms with Gasteiger partial charge in [-0.25, -0.2) is 0 Å². The molecule has 0 heterocycles. The standard InChI is InChI=1S/C41H77NO3/c1-3-5-7-9-11-13-15-17-19-20-21-22-23-25-27-29-31-33-35-37-41(45)42-39(38-43)40(44)36-34-32-30-28-26-24-18-16-14-12-10-8-6-4-2/h17,19,26,28,34,36,39-40,43-44H,3-16,18,20-25,27,29-33,35,37-38H2,1-2H3,(H,42,45)/b19-17+,28-26+,36-34+/t39-,40+/m0/s1. The van der Waals surface area contributed by atoms with Gasteiger partial charge in [0.15, 0.2) is 0 Å². The monoisotopic (exact) mass is 632 g/mol. The number of rotatable bonds is 35. The van der Waals surface area contributed by atoms with E-state index in [9.17, 15) is 15.0 Å². The van der Waals surface area contributed by atoms with Crippen molar-refractivity contribution in [2.24, 2.45) is 0 Å². The Morgan fingerprint density at radius 1 is 0.511 bits per heavy atom. The van der Waals surface area contributed by atoms with Crippen molar-refractivity contribution < 1.29 is 15.0 Å². The van der Waals surface area contributed by atoms with Gasteiger partial charge in [-0.05, 0) is 57.8 Å². The van der Waals surface area contributed by atoms with Crippen LogP contribution in [0.5, 0.6) is 0 Å². The Balaban J connectivity index is 3.63. The Hall–Kier alpha value is -1.39. The van der Waals surface area contributed by atoms with Crippen LogP contribution in [0.15, 0.2) is 36.5 Å². The number of aliphatic hydroxyl groups is 2. The van der Waals surface area contributed by atoms with Crippen LogP contribution < -0.4 is 5.32 Å². The lowest BCUT2D eigenvalue weighted by atomic mass is 10.0. The minimum absolute atomic E-state index is 0.0774. The largest absolute Gasteiger partial charge is 0.394 e. The van der Waals surface area contributed by atoms with Crippen LogP contribution in [0.2, 0.25) is 0 Å². The van der Waals surface area contributed by atoms with Gasteiger partial charge >= 0.3 is 0 Å². The molecule has 4 heteroatoms. The highest BCUT2D eigenvalue weighted by molar-refractivity contribution is 5.76. The van der Waals surface area contributed by atoms with Gasteiger partial charge in [0.05, 0.1) is 18.8 Å². The maximum atomic E-state index is 12.3. The van der Waals surface area contributed by atoms with E-state index in [4.69, 9.17) is 0 Å². The summed E-state index contributed by atoms with van der Waals surface area (Å²) in [5.74, 6) is -0.0774. The summed E-state index contributed by atoms with van der Waals surface area (Å²) < 4.78 is 0. The highest BCUT2D eigenvalue weighted by Crippen LogP contribution is 2.13. The van der Waals surface area contributed by atoms with Crippen LogP contribution in [0.4, 0.5) is 0 Å². The Morgan fingerprint density at radius 3 is 1.29 bits per heavy atom. The Bertz CT molecular complexity index is 686. The molecule has 0 aromatic rings. The number of unbranched alkanes of at least 4 members (excludes halogenated alkanes) is 24. The molecule has 1 amide bonds. The predicted octanol–water partition coefficient (Wildman–Crippen LogP) is 11.8. The highest BCUT2D eigenvalue weighted by atomic mass is 16.3. The molecule has 0 aromatic heterocycles. The number of nitrogens with one attached hydrogen (secondary N) is 1. The zero-order valence-electron chi connectivity index (χ0n) is 30.1. The summed E-state index contributed by atoms with van der Waals surface area (Å²) in [4.78, 5) is 12.3. The first-order chi connectivity index (χ1) is 22.2. The summed E-state index contributed by atoms with van der Waals surface area (Å²) in [6.45, 7) is 4.28. The van der Waals surface area contributed by atoms with Gasteiger partial charge in [-0.3, -0.25) is 4.79 Å². The fraction of sp³-hybridized carbons (Fsp3) is 0.829. The van der Waals surface area contributed by atoms with Gasteiger partial charge in [0.1, 0.15) is 0 Å². The van der Waals surface area contributed by atoms with Crippen molar-refractivity contribution in [1.82, 2.24) is 5.32 Å². The molecule has 0 unspecified atom stereocenters. The Morgan fingerprint density at radius 2 is 0.867 bits per heavy atom. The topological polar surface area (TPSA) is 69.6 Å². The average molecular weight is 632 g/mol. The molecule has 0 saturated heterocycles. The number of allylic oxidation sites excluding steroid dienone is 5. The van der Waals surface area contributed by atoms with Crippen LogP contribution in [0.3, 0.4) is 0 Å². The number of amides is 1. The number of aliphatic hydroxyl groups excluding tert-OH is 2. The van der Waals surface area contributed by atoms with E-state index in [1.807, 2.05) is 6.08 Å². The summed E-state index contributed by atoms with van der Waals surface area (Å²) in [5.41, 5.74) is 0. The van der Waals surface area contributed by atoms with E-state index in [0.29, 0.717) is 6.42 Å². The van der Waals surface area contributed by atoms with Crippen LogP contribution in [-0.4, -0.2) is 34.9 Å². The molecule has 0 aliphatic rings.